The van der Waals surface area contributed by atoms with Crippen molar-refractivity contribution >= 4 is 17.6 Å². The number of carboxylic acids is 1. The Morgan fingerprint density at radius 3 is 1.98 bits per heavy atom. The van der Waals surface area contributed by atoms with Crippen molar-refractivity contribution in [3.8, 4) is 0 Å². The van der Waals surface area contributed by atoms with Crippen LogP contribution in [-0.4, -0.2) is 69.1 Å². The van der Waals surface area contributed by atoms with E-state index in [0.717, 1.165) is 12.1 Å². The number of anilines is 1. The highest BCUT2D eigenvalue weighted by Crippen LogP contribution is 2.40. The molecule has 0 saturated carbocycles. The van der Waals surface area contributed by atoms with E-state index in [4.69, 9.17) is 14.6 Å². The topological polar surface area (TPSA) is 158 Å². The number of rotatable bonds is 7. The minimum absolute atomic E-state index is 0.0352. The molecule has 46 heavy (non-hydrogen) atoms. The Balaban J connectivity index is 1.56. The van der Waals surface area contributed by atoms with Crippen molar-refractivity contribution in [2.24, 2.45) is 0 Å². The van der Waals surface area contributed by atoms with E-state index in [-0.39, 0.29) is 23.7 Å². The molecule has 0 aromatic heterocycles. The van der Waals surface area contributed by atoms with Gasteiger partial charge in [0.1, 0.15) is 18.3 Å². The van der Waals surface area contributed by atoms with E-state index in [1.165, 1.54) is 0 Å². The number of halogens is 9. The first-order chi connectivity index (χ1) is 21.1. The molecule has 0 radical (unpaired) electrons. The van der Waals surface area contributed by atoms with Crippen LogP contribution >= 0.6 is 0 Å². The number of aliphatic hydroxyl groups is 3. The second-order valence-electron chi connectivity index (χ2n) is 10.7. The molecule has 2 aromatic rings. The molecule has 2 aliphatic heterocycles. The zero-order valence-electron chi connectivity index (χ0n) is 23.0. The molecule has 6 N–H and O–H groups in total. The van der Waals surface area contributed by atoms with Crippen molar-refractivity contribution in [1.29, 1.82) is 0 Å². The Labute approximate surface area is 252 Å². The molecule has 4 rings (SSSR count). The fraction of sp³-hybridized carbons (Fsp3) is 0.481. The van der Waals surface area contributed by atoms with Crippen molar-refractivity contribution in [2.45, 2.75) is 80.7 Å². The fourth-order valence-corrected chi connectivity index (χ4v) is 5.07. The molecule has 2 heterocycles. The first-order valence-corrected chi connectivity index (χ1v) is 13.3. The van der Waals surface area contributed by atoms with Crippen LogP contribution in [0.4, 0.5) is 45.2 Å². The van der Waals surface area contributed by atoms with E-state index in [1.54, 1.807) is 0 Å². The van der Waals surface area contributed by atoms with E-state index in [1.807, 2.05) is 0 Å². The standard InChI is InChI=1S/C27H25F9N2O8/c28-25(29,30)11-1-2-16-15(6-11)17(37-9-10-3-12(26(31,32)33)5-13(4-10)27(34,35)36)7-14(38-16)8-18(39)45-24-21(42)19(40)20(41)22(46-24)23(43)44/h1-6,14,17,19-22,24,37-38,40-42H,7-9H2,(H,43,44). The highest BCUT2D eigenvalue weighted by molar-refractivity contribution is 5.74. The number of carbonyl (C=O) groups excluding carboxylic acids is 1. The normalized spacial score (nSPS) is 27.0. The number of aliphatic hydroxyl groups excluding tert-OH is 3. The minimum atomic E-state index is -5.14. The molecule has 2 aromatic carbocycles. The van der Waals surface area contributed by atoms with Crippen LogP contribution in [0.5, 0.6) is 0 Å². The Hall–Kier alpha value is -3.65. The average Bonchev–Trinajstić information content (AvgIpc) is 2.94. The summed E-state index contributed by atoms with van der Waals surface area (Å²) in [6, 6.07) is 1.13. The second-order valence-corrected chi connectivity index (χ2v) is 10.7. The summed E-state index contributed by atoms with van der Waals surface area (Å²) in [5, 5.41) is 44.4. The second kappa shape index (κ2) is 12.9. The lowest BCUT2D eigenvalue weighted by Gasteiger charge is -2.38. The Bertz CT molecular complexity index is 1420. The van der Waals surface area contributed by atoms with E-state index in [0.29, 0.717) is 18.2 Å². The third-order valence-corrected chi connectivity index (χ3v) is 7.31. The van der Waals surface area contributed by atoms with Gasteiger partial charge in [-0.2, -0.15) is 39.5 Å². The Kier molecular flexibility index (Phi) is 9.84. The number of esters is 1. The quantitative estimate of drug-likeness (QED) is 0.189. The number of carboxylic acid groups (broad SMARTS) is 1. The number of carbonyl (C=O) groups is 2. The number of hydrogen-bond donors (Lipinski definition) is 6. The monoisotopic (exact) mass is 676 g/mol. The number of ether oxygens (including phenoxy) is 2. The highest BCUT2D eigenvalue weighted by atomic mass is 19.4. The molecule has 7 atom stereocenters. The molecule has 2 aliphatic rings. The number of benzene rings is 2. The predicted molar refractivity (Wildman–Crippen MR) is 135 cm³/mol. The van der Waals surface area contributed by atoms with Gasteiger partial charge < -0.3 is 40.5 Å². The van der Waals surface area contributed by atoms with Crippen LogP contribution in [0, 0.1) is 0 Å². The van der Waals surface area contributed by atoms with Gasteiger partial charge in [-0.15, -0.1) is 0 Å². The Morgan fingerprint density at radius 1 is 0.848 bits per heavy atom. The first kappa shape index (κ1) is 35.2. The number of aliphatic carboxylic acids is 1. The summed E-state index contributed by atoms with van der Waals surface area (Å²) in [6.45, 7) is -0.663. The zero-order chi connectivity index (χ0) is 34.4. The molecule has 10 nitrogen and oxygen atoms in total. The minimum Gasteiger partial charge on any atom is -0.479 e. The van der Waals surface area contributed by atoms with Gasteiger partial charge in [-0.25, -0.2) is 4.79 Å². The van der Waals surface area contributed by atoms with Crippen LogP contribution in [0.2, 0.25) is 0 Å². The fourth-order valence-electron chi connectivity index (χ4n) is 5.07. The maximum atomic E-state index is 13.5. The molecule has 1 fully saturated rings. The number of alkyl halides is 9. The number of nitrogens with one attached hydrogen (secondary N) is 2. The van der Waals surface area contributed by atoms with E-state index >= 15 is 0 Å². The average molecular weight is 676 g/mol. The maximum Gasteiger partial charge on any atom is 0.416 e. The van der Waals surface area contributed by atoms with Crippen LogP contribution in [0.15, 0.2) is 36.4 Å². The van der Waals surface area contributed by atoms with Gasteiger partial charge in [0.2, 0.25) is 6.29 Å². The third-order valence-electron chi connectivity index (χ3n) is 7.31. The zero-order valence-corrected chi connectivity index (χ0v) is 23.0. The van der Waals surface area contributed by atoms with Crippen molar-refractivity contribution in [2.75, 3.05) is 5.32 Å². The number of hydrogen-bond acceptors (Lipinski definition) is 9. The first-order valence-electron chi connectivity index (χ1n) is 13.3. The van der Waals surface area contributed by atoms with Crippen molar-refractivity contribution in [3.63, 3.8) is 0 Å². The van der Waals surface area contributed by atoms with Crippen molar-refractivity contribution < 1.29 is 79.0 Å². The molecule has 0 bridgehead atoms. The van der Waals surface area contributed by atoms with Gasteiger partial charge in [0, 0.05) is 24.3 Å². The molecule has 254 valence electrons. The molecule has 1 saturated heterocycles. The summed E-state index contributed by atoms with van der Waals surface area (Å²) in [6.07, 6.45) is -26.3. The summed E-state index contributed by atoms with van der Waals surface area (Å²) >= 11 is 0. The van der Waals surface area contributed by atoms with E-state index < -0.39 is 108 Å². The summed E-state index contributed by atoms with van der Waals surface area (Å²) in [4.78, 5) is 24.0. The highest BCUT2D eigenvalue weighted by Gasteiger charge is 2.49. The summed E-state index contributed by atoms with van der Waals surface area (Å²) in [5.41, 5.74) is -4.81. The van der Waals surface area contributed by atoms with Crippen LogP contribution in [0.1, 0.15) is 46.7 Å². The third kappa shape index (κ3) is 8.00. The largest absolute Gasteiger partial charge is 0.479 e. The van der Waals surface area contributed by atoms with Gasteiger partial charge in [-0.3, -0.25) is 4.79 Å². The lowest BCUT2D eigenvalue weighted by molar-refractivity contribution is -0.286. The van der Waals surface area contributed by atoms with E-state index in [2.05, 4.69) is 10.6 Å². The van der Waals surface area contributed by atoms with Gasteiger partial charge in [0.25, 0.3) is 0 Å². The lowest BCUT2D eigenvalue weighted by Crippen LogP contribution is -2.60. The Morgan fingerprint density at radius 2 is 1.43 bits per heavy atom. The van der Waals surface area contributed by atoms with Gasteiger partial charge in [0.05, 0.1) is 23.1 Å². The molecule has 7 unspecified atom stereocenters. The molecule has 19 heteroatoms. The molecule has 0 spiro atoms. The summed E-state index contributed by atoms with van der Waals surface area (Å²) in [5.74, 6) is -2.92. The van der Waals surface area contributed by atoms with Crippen molar-refractivity contribution in [3.05, 3.63) is 64.2 Å². The summed E-state index contributed by atoms with van der Waals surface area (Å²) < 4.78 is 130. The van der Waals surface area contributed by atoms with Gasteiger partial charge >= 0.3 is 30.5 Å². The van der Waals surface area contributed by atoms with Crippen LogP contribution < -0.4 is 10.6 Å². The van der Waals surface area contributed by atoms with Crippen LogP contribution in [0.25, 0.3) is 0 Å². The molecular weight excluding hydrogens is 651 g/mol. The van der Waals surface area contributed by atoms with Crippen LogP contribution in [-0.2, 0) is 44.1 Å². The number of fused-ring (bicyclic) bond motifs is 1. The predicted octanol–water partition coefficient (Wildman–Crippen LogP) is 3.58. The maximum absolute atomic E-state index is 13.5. The smallest absolute Gasteiger partial charge is 0.416 e. The van der Waals surface area contributed by atoms with Gasteiger partial charge in [0.15, 0.2) is 6.10 Å². The summed E-state index contributed by atoms with van der Waals surface area (Å²) in [7, 11) is 0. The lowest BCUT2D eigenvalue weighted by atomic mass is 9.90. The molecule has 0 aliphatic carbocycles. The van der Waals surface area contributed by atoms with Crippen LogP contribution in [0.3, 0.4) is 0 Å². The van der Waals surface area contributed by atoms with Crippen molar-refractivity contribution in [1.82, 2.24) is 5.32 Å². The molecule has 0 amide bonds. The van der Waals surface area contributed by atoms with E-state index in [9.17, 15) is 64.4 Å². The van der Waals surface area contributed by atoms with Gasteiger partial charge in [-0.05, 0) is 53.9 Å². The molecular formula is C27H25F9N2O8. The van der Waals surface area contributed by atoms with Gasteiger partial charge in [-0.1, -0.05) is 0 Å². The SMILES string of the molecule is O=C(CC1CC(NCc2cc(C(F)(F)F)cc(C(F)(F)F)c2)c2cc(C(F)(F)F)ccc2N1)OC1OC(C(=O)O)C(O)C(O)C1O.